The first kappa shape index (κ1) is 18.0. The Labute approximate surface area is 162 Å². The molecule has 3 nitrogen and oxygen atoms in total. The molecule has 140 valence electrons. The second-order valence-corrected chi connectivity index (χ2v) is 7.28. The van der Waals surface area contributed by atoms with E-state index in [9.17, 15) is 0 Å². The van der Waals surface area contributed by atoms with Gasteiger partial charge in [0.05, 0.1) is 6.61 Å². The Morgan fingerprint density at radius 2 is 1.41 bits per heavy atom. The summed E-state index contributed by atoms with van der Waals surface area (Å²) in [4.78, 5) is 5.12. The highest BCUT2D eigenvalue weighted by Crippen LogP contribution is 2.25. The van der Waals surface area contributed by atoms with E-state index < -0.39 is 0 Å². The number of benzene rings is 3. The van der Waals surface area contributed by atoms with Crippen LogP contribution in [-0.4, -0.2) is 49.1 Å². The van der Waals surface area contributed by atoms with Crippen LogP contribution in [0.25, 0.3) is 10.8 Å². The van der Waals surface area contributed by atoms with Gasteiger partial charge >= 0.3 is 0 Å². The molecule has 1 saturated heterocycles. The molecule has 0 radical (unpaired) electrons. The Bertz CT molecular complexity index is 836. The molecule has 3 aromatic rings. The number of hydrogen-bond acceptors (Lipinski definition) is 3. The van der Waals surface area contributed by atoms with E-state index in [1.165, 1.54) is 16.3 Å². The van der Waals surface area contributed by atoms with E-state index >= 15 is 0 Å². The predicted molar refractivity (Wildman–Crippen MR) is 112 cm³/mol. The molecule has 0 amide bonds. The van der Waals surface area contributed by atoms with Crippen molar-refractivity contribution < 1.29 is 4.74 Å². The van der Waals surface area contributed by atoms with Crippen LogP contribution in [0.4, 0.5) is 0 Å². The third kappa shape index (κ3) is 4.88. The van der Waals surface area contributed by atoms with Crippen LogP contribution in [0.15, 0.2) is 72.8 Å². The van der Waals surface area contributed by atoms with Gasteiger partial charge in [-0.15, -0.1) is 0 Å². The number of ether oxygens (including phenoxy) is 1. The van der Waals surface area contributed by atoms with Crippen molar-refractivity contribution >= 4 is 10.8 Å². The Morgan fingerprint density at radius 1 is 0.704 bits per heavy atom. The van der Waals surface area contributed by atoms with Gasteiger partial charge in [-0.3, -0.25) is 4.90 Å². The van der Waals surface area contributed by atoms with Crippen molar-refractivity contribution in [2.75, 3.05) is 39.3 Å². The maximum Gasteiger partial charge on any atom is 0.127 e. The van der Waals surface area contributed by atoms with Gasteiger partial charge in [-0.2, -0.15) is 0 Å². The summed E-state index contributed by atoms with van der Waals surface area (Å²) in [6, 6.07) is 25.5. The van der Waals surface area contributed by atoms with Gasteiger partial charge in [-0.25, -0.2) is 0 Å². The first-order valence-electron chi connectivity index (χ1n) is 9.98. The lowest BCUT2D eigenvalue weighted by molar-refractivity contribution is 0.121. The quantitative estimate of drug-likeness (QED) is 0.580. The minimum atomic E-state index is 0.776. The molecule has 0 bridgehead atoms. The summed E-state index contributed by atoms with van der Waals surface area (Å²) in [6.45, 7) is 7.57. The number of piperazine rings is 1. The fraction of sp³-hybridized carbons (Fsp3) is 0.333. The molecular weight excluding hydrogens is 332 g/mol. The van der Waals surface area contributed by atoms with E-state index in [1.54, 1.807) is 0 Å². The SMILES string of the molecule is c1ccc(CN2CCN(CCCOc3cccc4ccccc34)CC2)cc1. The monoisotopic (exact) mass is 360 g/mol. The van der Waals surface area contributed by atoms with Crippen LogP contribution in [-0.2, 0) is 6.54 Å². The van der Waals surface area contributed by atoms with Crippen LogP contribution in [0.5, 0.6) is 5.75 Å². The largest absolute Gasteiger partial charge is 0.493 e. The molecule has 0 aliphatic carbocycles. The van der Waals surface area contributed by atoms with Crippen LogP contribution in [0.3, 0.4) is 0 Å². The van der Waals surface area contributed by atoms with Gasteiger partial charge < -0.3 is 9.64 Å². The van der Waals surface area contributed by atoms with Crippen molar-refractivity contribution in [1.29, 1.82) is 0 Å². The minimum Gasteiger partial charge on any atom is -0.493 e. The lowest BCUT2D eigenvalue weighted by atomic mass is 10.1. The highest BCUT2D eigenvalue weighted by atomic mass is 16.5. The summed E-state index contributed by atoms with van der Waals surface area (Å²) in [5.41, 5.74) is 1.41. The van der Waals surface area contributed by atoms with E-state index in [0.717, 1.165) is 58.0 Å². The molecule has 0 spiro atoms. The number of rotatable bonds is 7. The maximum atomic E-state index is 6.07. The summed E-state index contributed by atoms with van der Waals surface area (Å²) in [7, 11) is 0. The average Bonchev–Trinajstić information content (AvgIpc) is 2.73. The van der Waals surface area contributed by atoms with Gasteiger partial charge in [0, 0.05) is 44.7 Å². The van der Waals surface area contributed by atoms with E-state index in [1.807, 2.05) is 0 Å². The highest BCUT2D eigenvalue weighted by molar-refractivity contribution is 5.88. The molecule has 0 atom stereocenters. The van der Waals surface area contributed by atoms with Crippen LogP contribution < -0.4 is 4.74 Å². The third-order valence-corrected chi connectivity index (χ3v) is 5.34. The van der Waals surface area contributed by atoms with Crippen molar-refractivity contribution in [3.05, 3.63) is 78.4 Å². The topological polar surface area (TPSA) is 15.7 Å². The second kappa shape index (κ2) is 9.03. The number of nitrogens with zero attached hydrogens (tertiary/aromatic N) is 2. The summed E-state index contributed by atoms with van der Waals surface area (Å²) in [5.74, 6) is 1.00. The van der Waals surface area contributed by atoms with Crippen molar-refractivity contribution in [3.63, 3.8) is 0 Å². The van der Waals surface area contributed by atoms with E-state index in [0.29, 0.717) is 0 Å². The van der Waals surface area contributed by atoms with Gasteiger partial charge in [-0.1, -0.05) is 66.7 Å². The van der Waals surface area contributed by atoms with E-state index in [2.05, 4.69) is 82.6 Å². The lowest BCUT2D eigenvalue weighted by Crippen LogP contribution is -2.46. The summed E-state index contributed by atoms with van der Waals surface area (Å²) in [6.07, 6.45) is 1.07. The van der Waals surface area contributed by atoms with E-state index in [4.69, 9.17) is 4.74 Å². The minimum absolute atomic E-state index is 0.776. The fourth-order valence-electron chi connectivity index (χ4n) is 3.80. The summed E-state index contributed by atoms with van der Waals surface area (Å²) in [5, 5.41) is 2.44. The Morgan fingerprint density at radius 3 is 2.26 bits per heavy atom. The smallest absolute Gasteiger partial charge is 0.127 e. The molecule has 0 aromatic heterocycles. The first-order chi connectivity index (χ1) is 13.4. The molecule has 3 aromatic carbocycles. The van der Waals surface area contributed by atoms with Crippen LogP contribution >= 0.6 is 0 Å². The Kier molecular flexibility index (Phi) is 6.03. The molecule has 1 aliphatic heterocycles. The fourth-order valence-corrected chi connectivity index (χ4v) is 3.80. The van der Waals surface area contributed by atoms with Gasteiger partial charge in [0.15, 0.2) is 0 Å². The van der Waals surface area contributed by atoms with Crippen molar-refractivity contribution in [2.24, 2.45) is 0 Å². The molecule has 1 heterocycles. The normalized spacial score (nSPS) is 15.9. The zero-order valence-electron chi connectivity index (χ0n) is 15.9. The van der Waals surface area contributed by atoms with Gasteiger partial charge in [0.25, 0.3) is 0 Å². The molecule has 27 heavy (non-hydrogen) atoms. The second-order valence-electron chi connectivity index (χ2n) is 7.28. The van der Waals surface area contributed by atoms with Crippen LogP contribution in [0, 0.1) is 0 Å². The van der Waals surface area contributed by atoms with Crippen molar-refractivity contribution in [1.82, 2.24) is 9.80 Å². The molecule has 1 fully saturated rings. The molecule has 3 heteroatoms. The molecule has 0 unspecified atom stereocenters. The van der Waals surface area contributed by atoms with Crippen LogP contribution in [0.1, 0.15) is 12.0 Å². The number of hydrogen-bond donors (Lipinski definition) is 0. The lowest BCUT2D eigenvalue weighted by Gasteiger charge is -2.34. The van der Waals surface area contributed by atoms with Gasteiger partial charge in [-0.05, 0) is 23.4 Å². The third-order valence-electron chi connectivity index (χ3n) is 5.34. The summed E-state index contributed by atoms with van der Waals surface area (Å²) < 4.78 is 6.07. The predicted octanol–water partition coefficient (Wildman–Crippen LogP) is 4.43. The molecular formula is C24H28N2O. The standard InChI is InChI=1S/C24H28N2O/c1-2-8-21(9-3-1)20-26-17-15-25(16-18-26)14-7-19-27-24-13-6-11-22-10-4-5-12-23(22)24/h1-6,8-13H,7,14-20H2. The highest BCUT2D eigenvalue weighted by Gasteiger charge is 2.16. The first-order valence-corrected chi connectivity index (χ1v) is 9.98. The van der Waals surface area contributed by atoms with Crippen molar-refractivity contribution in [3.8, 4) is 5.75 Å². The molecule has 0 saturated carbocycles. The van der Waals surface area contributed by atoms with E-state index in [-0.39, 0.29) is 0 Å². The number of fused-ring (bicyclic) bond motifs is 1. The summed E-state index contributed by atoms with van der Waals surface area (Å²) >= 11 is 0. The van der Waals surface area contributed by atoms with Gasteiger partial charge in [0.1, 0.15) is 5.75 Å². The van der Waals surface area contributed by atoms with Crippen LogP contribution in [0.2, 0.25) is 0 Å². The molecule has 4 rings (SSSR count). The van der Waals surface area contributed by atoms with Gasteiger partial charge in [0.2, 0.25) is 0 Å². The van der Waals surface area contributed by atoms with Crippen molar-refractivity contribution in [2.45, 2.75) is 13.0 Å². The average molecular weight is 361 g/mol. The zero-order valence-corrected chi connectivity index (χ0v) is 15.9. The molecule has 1 aliphatic rings. The Balaban J connectivity index is 1.18. The molecule has 0 N–H and O–H groups in total. The Hall–Kier alpha value is -2.36. The zero-order chi connectivity index (χ0) is 18.3. The maximum absolute atomic E-state index is 6.07.